The lowest BCUT2D eigenvalue weighted by molar-refractivity contribution is -0.124. The van der Waals surface area contributed by atoms with Crippen LogP contribution >= 0.6 is 27.3 Å². The maximum atomic E-state index is 12.0. The number of hydrogen-bond acceptors (Lipinski definition) is 4. The number of carbonyl (C=O) groups excluding carboxylic acids is 3. The highest BCUT2D eigenvalue weighted by molar-refractivity contribution is 9.10. The Balaban J connectivity index is 1.74. The first-order valence-corrected chi connectivity index (χ1v) is 9.38. The molecule has 0 aliphatic rings. The minimum Gasteiger partial charge on any atom is -0.347 e. The average Bonchev–Trinajstić information content (AvgIpc) is 3.00. The molecule has 0 fully saturated rings. The van der Waals surface area contributed by atoms with Crippen LogP contribution in [0.25, 0.3) is 0 Å². The molecule has 2 rings (SSSR count). The standard InChI is InChI=1S/C18H19BrN2O3S/c1-11-9-13(19)4-5-14(11)21-18(24)10-20-17(23)8-6-15(22)16-7-3-12(2)25-16/h3-5,7,9H,6,8,10H2,1-2H3,(H,20,23)(H,21,24). The molecule has 1 aromatic carbocycles. The second-order valence-corrected chi connectivity index (χ2v) is 7.82. The van der Waals surface area contributed by atoms with E-state index in [0.29, 0.717) is 10.6 Å². The lowest BCUT2D eigenvalue weighted by Crippen LogP contribution is -2.33. The zero-order chi connectivity index (χ0) is 18.4. The molecular formula is C18H19BrN2O3S. The maximum Gasteiger partial charge on any atom is 0.243 e. The Kier molecular flexibility index (Phi) is 6.90. The van der Waals surface area contributed by atoms with Crippen molar-refractivity contribution in [3.8, 4) is 0 Å². The molecule has 2 aromatic rings. The molecule has 0 unspecified atom stereocenters. The topological polar surface area (TPSA) is 75.3 Å². The summed E-state index contributed by atoms with van der Waals surface area (Å²) in [6.45, 7) is 3.69. The minimum atomic E-state index is -0.315. The first kappa shape index (κ1) is 19.3. The van der Waals surface area contributed by atoms with Crippen molar-refractivity contribution >= 4 is 50.6 Å². The molecule has 0 bridgehead atoms. The van der Waals surface area contributed by atoms with Gasteiger partial charge in [0.1, 0.15) is 0 Å². The van der Waals surface area contributed by atoms with Crippen molar-refractivity contribution in [3.05, 3.63) is 50.1 Å². The zero-order valence-electron chi connectivity index (χ0n) is 14.0. The fourth-order valence-electron chi connectivity index (χ4n) is 2.16. The van der Waals surface area contributed by atoms with Crippen molar-refractivity contribution in [2.75, 3.05) is 11.9 Å². The van der Waals surface area contributed by atoms with Gasteiger partial charge in [0.15, 0.2) is 5.78 Å². The summed E-state index contributed by atoms with van der Waals surface area (Å²) in [4.78, 5) is 37.4. The SMILES string of the molecule is Cc1ccc(C(=O)CCC(=O)NCC(=O)Nc2ccc(Br)cc2C)s1. The number of amides is 2. The molecule has 0 spiro atoms. The molecule has 1 heterocycles. The highest BCUT2D eigenvalue weighted by atomic mass is 79.9. The van der Waals surface area contributed by atoms with E-state index in [0.717, 1.165) is 14.9 Å². The van der Waals surface area contributed by atoms with Crippen LogP contribution in [0.1, 0.15) is 33.0 Å². The molecule has 7 heteroatoms. The van der Waals surface area contributed by atoms with E-state index in [2.05, 4.69) is 26.6 Å². The number of halogens is 1. The van der Waals surface area contributed by atoms with Crippen molar-refractivity contribution in [1.82, 2.24) is 5.32 Å². The van der Waals surface area contributed by atoms with E-state index in [1.807, 2.05) is 32.0 Å². The predicted molar refractivity (Wildman–Crippen MR) is 103 cm³/mol. The molecule has 0 saturated carbocycles. The number of benzene rings is 1. The Labute approximate surface area is 159 Å². The molecule has 132 valence electrons. The molecular weight excluding hydrogens is 404 g/mol. The lowest BCUT2D eigenvalue weighted by Gasteiger charge is -2.09. The fraction of sp³-hybridized carbons (Fsp3) is 0.278. The van der Waals surface area contributed by atoms with E-state index >= 15 is 0 Å². The molecule has 1 aromatic heterocycles. The summed E-state index contributed by atoms with van der Waals surface area (Å²) in [5.74, 6) is -0.675. The molecule has 0 radical (unpaired) electrons. The Bertz CT molecular complexity index is 801. The van der Waals surface area contributed by atoms with Crippen LogP contribution in [0, 0.1) is 13.8 Å². The molecule has 0 aliphatic heterocycles. The van der Waals surface area contributed by atoms with Gasteiger partial charge in [-0.1, -0.05) is 15.9 Å². The summed E-state index contributed by atoms with van der Waals surface area (Å²) in [6.07, 6.45) is 0.208. The molecule has 2 amide bonds. The second-order valence-electron chi connectivity index (χ2n) is 5.62. The molecule has 0 atom stereocenters. The number of anilines is 1. The van der Waals surface area contributed by atoms with Gasteiger partial charge in [-0.3, -0.25) is 14.4 Å². The third-order valence-corrected chi connectivity index (χ3v) is 5.04. The van der Waals surface area contributed by atoms with Gasteiger partial charge in [0.2, 0.25) is 11.8 Å². The number of Topliss-reactive ketones (excluding diaryl/α,β-unsaturated/α-hetero) is 1. The van der Waals surface area contributed by atoms with E-state index in [-0.39, 0.29) is 37.0 Å². The number of ketones is 1. The van der Waals surface area contributed by atoms with Crippen molar-refractivity contribution in [1.29, 1.82) is 0 Å². The molecule has 5 nitrogen and oxygen atoms in total. The van der Waals surface area contributed by atoms with E-state index in [1.54, 1.807) is 12.1 Å². The minimum absolute atomic E-state index is 0.0526. The third-order valence-electron chi connectivity index (χ3n) is 3.50. The van der Waals surface area contributed by atoms with E-state index in [9.17, 15) is 14.4 Å². The zero-order valence-corrected chi connectivity index (χ0v) is 16.4. The van der Waals surface area contributed by atoms with Crippen molar-refractivity contribution < 1.29 is 14.4 Å². The van der Waals surface area contributed by atoms with Gasteiger partial charge < -0.3 is 10.6 Å². The number of aryl methyl sites for hydroxylation is 2. The monoisotopic (exact) mass is 422 g/mol. The van der Waals surface area contributed by atoms with Crippen LogP contribution in [0.15, 0.2) is 34.8 Å². The van der Waals surface area contributed by atoms with Gasteiger partial charge in [-0.05, 0) is 49.7 Å². The quantitative estimate of drug-likeness (QED) is 0.665. The number of thiophene rings is 1. The first-order valence-electron chi connectivity index (χ1n) is 7.77. The van der Waals surface area contributed by atoms with E-state index < -0.39 is 0 Å². The van der Waals surface area contributed by atoms with Gasteiger partial charge in [-0.2, -0.15) is 0 Å². The summed E-state index contributed by atoms with van der Waals surface area (Å²) >= 11 is 4.78. The lowest BCUT2D eigenvalue weighted by atomic mass is 10.2. The van der Waals surface area contributed by atoms with Gasteiger partial charge in [-0.15, -0.1) is 11.3 Å². The summed E-state index contributed by atoms with van der Waals surface area (Å²) in [5, 5.41) is 5.28. The van der Waals surface area contributed by atoms with Crippen molar-refractivity contribution in [3.63, 3.8) is 0 Å². The smallest absolute Gasteiger partial charge is 0.243 e. The van der Waals surface area contributed by atoms with E-state index in [1.165, 1.54) is 11.3 Å². The second kappa shape index (κ2) is 8.92. The van der Waals surface area contributed by atoms with Crippen LogP contribution in [0.3, 0.4) is 0 Å². The van der Waals surface area contributed by atoms with Crippen molar-refractivity contribution in [2.45, 2.75) is 26.7 Å². The Morgan fingerprint density at radius 1 is 1.04 bits per heavy atom. The normalized spacial score (nSPS) is 10.4. The largest absolute Gasteiger partial charge is 0.347 e. The van der Waals surface area contributed by atoms with Crippen LogP contribution < -0.4 is 10.6 Å². The average molecular weight is 423 g/mol. The highest BCUT2D eigenvalue weighted by Crippen LogP contribution is 2.20. The number of carbonyl (C=O) groups is 3. The molecule has 0 aliphatic carbocycles. The fourth-order valence-corrected chi connectivity index (χ4v) is 3.47. The van der Waals surface area contributed by atoms with Crippen LogP contribution in [0.4, 0.5) is 5.69 Å². The Hall–Kier alpha value is -1.99. The predicted octanol–water partition coefficient (Wildman–Crippen LogP) is 3.85. The summed E-state index contributed by atoms with van der Waals surface area (Å²) in [6, 6.07) is 9.17. The van der Waals surface area contributed by atoms with E-state index in [4.69, 9.17) is 0 Å². The first-order chi connectivity index (χ1) is 11.8. The van der Waals surface area contributed by atoms with Crippen LogP contribution in [-0.2, 0) is 9.59 Å². The van der Waals surface area contributed by atoms with Gasteiger partial charge in [0.05, 0.1) is 11.4 Å². The molecule has 0 saturated heterocycles. The van der Waals surface area contributed by atoms with Crippen molar-refractivity contribution in [2.24, 2.45) is 0 Å². The Morgan fingerprint density at radius 3 is 2.44 bits per heavy atom. The van der Waals surface area contributed by atoms with Gasteiger partial charge in [0, 0.05) is 27.9 Å². The van der Waals surface area contributed by atoms with Gasteiger partial charge in [0.25, 0.3) is 0 Å². The summed E-state index contributed by atoms with van der Waals surface area (Å²) in [5.41, 5.74) is 1.62. The van der Waals surface area contributed by atoms with Gasteiger partial charge >= 0.3 is 0 Å². The maximum absolute atomic E-state index is 12.0. The van der Waals surface area contributed by atoms with Crippen LogP contribution in [0.2, 0.25) is 0 Å². The molecule has 25 heavy (non-hydrogen) atoms. The number of nitrogens with one attached hydrogen (secondary N) is 2. The highest BCUT2D eigenvalue weighted by Gasteiger charge is 2.12. The van der Waals surface area contributed by atoms with Crippen LogP contribution in [-0.4, -0.2) is 24.1 Å². The molecule has 2 N–H and O–H groups in total. The van der Waals surface area contributed by atoms with Gasteiger partial charge in [-0.25, -0.2) is 0 Å². The third kappa shape index (κ3) is 6.10. The Morgan fingerprint density at radius 2 is 1.80 bits per heavy atom. The number of hydrogen-bond donors (Lipinski definition) is 2. The van der Waals surface area contributed by atoms with Crippen LogP contribution in [0.5, 0.6) is 0 Å². The summed E-state index contributed by atoms with van der Waals surface area (Å²) in [7, 11) is 0. The number of rotatable bonds is 7. The summed E-state index contributed by atoms with van der Waals surface area (Å²) < 4.78 is 0.932.